The molecule has 0 N–H and O–H groups in total. The fourth-order valence-electron chi connectivity index (χ4n) is 5.85. The summed E-state index contributed by atoms with van der Waals surface area (Å²) in [6, 6.07) is 16.8. The lowest BCUT2D eigenvalue weighted by molar-refractivity contribution is 0.0695. The Morgan fingerprint density at radius 1 is 0.865 bits per heavy atom. The highest BCUT2D eigenvalue weighted by molar-refractivity contribution is 5.97. The molecule has 3 aromatic carbocycles. The van der Waals surface area contributed by atoms with Gasteiger partial charge in [-0.05, 0) is 84.3 Å². The van der Waals surface area contributed by atoms with Crippen LogP contribution in [0.5, 0.6) is 17.2 Å². The molecular weight excluding hydrogens is 464 g/mol. The number of hydrogen-bond donors (Lipinski definition) is 0. The molecule has 0 aliphatic carbocycles. The number of carbonyl (C=O) groups is 1. The van der Waals surface area contributed by atoms with Gasteiger partial charge >= 0.3 is 0 Å². The quantitative estimate of drug-likeness (QED) is 0.423. The molecule has 0 bridgehead atoms. The third-order valence-electron chi connectivity index (χ3n) is 7.94. The maximum absolute atomic E-state index is 13.4. The predicted molar refractivity (Wildman–Crippen MR) is 147 cm³/mol. The largest absolute Gasteiger partial charge is 0.497 e. The van der Waals surface area contributed by atoms with Gasteiger partial charge in [-0.2, -0.15) is 0 Å². The summed E-state index contributed by atoms with van der Waals surface area (Å²) in [5.41, 5.74) is 3.17. The summed E-state index contributed by atoms with van der Waals surface area (Å²) in [5, 5.41) is 2.46. The van der Waals surface area contributed by atoms with E-state index in [1.807, 2.05) is 18.2 Å². The molecular formula is C31H38N2O4. The van der Waals surface area contributed by atoms with Gasteiger partial charge in [0, 0.05) is 31.7 Å². The molecule has 6 heteroatoms. The van der Waals surface area contributed by atoms with Crippen LogP contribution in [0.1, 0.15) is 40.7 Å². The number of carbonyl (C=O) groups excluding carboxylic acids is 1. The second-order valence-corrected chi connectivity index (χ2v) is 10.3. The number of nitrogens with zero attached hydrogens (tertiary/aromatic N) is 2. The van der Waals surface area contributed by atoms with Crippen molar-refractivity contribution >= 4 is 16.7 Å². The van der Waals surface area contributed by atoms with E-state index in [0.717, 1.165) is 62.4 Å². The van der Waals surface area contributed by atoms with Crippen LogP contribution in [0.15, 0.2) is 48.5 Å². The summed E-state index contributed by atoms with van der Waals surface area (Å²) in [7, 11) is 4.96. The van der Waals surface area contributed by atoms with E-state index in [1.54, 1.807) is 21.3 Å². The Hall–Kier alpha value is -3.25. The van der Waals surface area contributed by atoms with Crippen molar-refractivity contribution in [1.29, 1.82) is 0 Å². The first-order valence-corrected chi connectivity index (χ1v) is 13.4. The third kappa shape index (κ3) is 5.69. The molecule has 2 aliphatic heterocycles. The molecule has 196 valence electrons. The van der Waals surface area contributed by atoms with E-state index in [4.69, 9.17) is 14.2 Å². The number of amides is 1. The fourth-order valence-corrected chi connectivity index (χ4v) is 5.85. The molecule has 5 rings (SSSR count). The Morgan fingerprint density at radius 2 is 1.65 bits per heavy atom. The van der Waals surface area contributed by atoms with Crippen LogP contribution >= 0.6 is 0 Å². The Balaban J connectivity index is 1.21. The van der Waals surface area contributed by atoms with Crippen molar-refractivity contribution in [3.05, 3.63) is 65.2 Å². The highest BCUT2D eigenvalue weighted by atomic mass is 16.5. The number of fused-ring (bicyclic) bond motifs is 2. The monoisotopic (exact) mass is 502 g/mol. The third-order valence-corrected chi connectivity index (χ3v) is 7.94. The maximum Gasteiger partial charge on any atom is 0.254 e. The van der Waals surface area contributed by atoms with Crippen molar-refractivity contribution in [2.24, 2.45) is 5.92 Å². The number of methoxy groups -OCH3 is 3. The molecule has 0 radical (unpaired) electrons. The van der Waals surface area contributed by atoms with Gasteiger partial charge in [-0.15, -0.1) is 0 Å². The van der Waals surface area contributed by atoms with Crippen molar-refractivity contribution in [3.8, 4) is 17.2 Å². The van der Waals surface area contributed by atoms with Gasteiger partial charge in [0.05, 0.1) is 21.3 Å². The van der Waals surface area contributed by atoms with Gasteiger partial charge in [-0.3, -0.25) is 4.79 Å². The molecule has 2 heterocycles. The zero-order valence-corrected chi connectivity index (χ0v) is 22.3. The topological polar surface area (TPSA) is 51.2 Å². The first-order valence-electron chi connectivity index (χ1n) is 13.4. The molecule has 0 saturated carbocycles. The SMILES string of the molecule is COc1ccc2cc(CCN3CCCCC(CN4CCc5cc(OC)c(OC)cc5C4=O)C3)ccc2c1. The summed E-state index contributed by atoms with van der Waals surface area (Å²) in [4.78, 5) is 18.1. The molecule has 1 saturated heterocycles. The van der Waals surface area contributed by atoms with Gasteiger partial charge < -0.3 is 24.0 Å². The van der Waals surface area contributed by atoms with Gasteiger partial charge in [0.15, 0.2) is 11.5 Å². The number of hydrogen-bond acceptors (Lipinski definition) is 5. The molecule has 1 amide bonds. The molecule has 1 atom stereocenters. The summed E-state index contributed by atoms with van der Waals surface area (Å²) in [6.45, 7) is 4.81. The van der Waals surface area contributed by atoms with Crippen LogP contribution in [0.25, 0.3) is 10.8 Å². The van der Waals surface area contributed by atoms with Crippen LogP contribution in [-0.4, -0.2) is 69.8 Å². The van der Waals surface area contributed by atoms with Crippen molar-refractivity contribution in [2.45, 2.75) is 32.1 Å². The lowest BCUT2D eigenvalue weighted by Crippen LogP contribution is -2.43. The molecule has 3 aromatic rings. The lowest BCUT2D eigenvalue weighted by atomic mass is 9.95. The van der Waals surface area contributed by atoms with Gasteiger partial charge in [-0.25, -0.2) is 0 Å². The molecule has 37 heavy (non-hydrogen) atoms. The van der Waals surface area contributed by atoms with Gasteiger partial charge in [-0.1, -0.05) is 30.7 Å². The second-order valence-electron chi connectivity index (χ2n) is 10.3. The molecule has 1 unspecified atom stereocenters. The second kappa shape index (κ2) is 11.4. The fraction of sp³-hybridized carbons (Fsp3) is 0.452. The predicted octanol–water partition coefficient (Wildman–Crippen LogP) is 5.21. The minimum Gasteiger partial charge on any atom is -0.497 e. The summed E-state index contributed by atoms with van der Waals surface area (Å²) in [6.07, 6.45) is 5.51. The number of ether oxygens (including phenoxy) is 3. The van der Waals surface area contributed by atoms with E-state index in [9.17, 15) is 4.79 Å². The van der Waals surface area contributed by atoms with E-state index in [1.165, 1.54) is 35.6 Å². The summed E-state index contributed by atoms with van der Waals surface area (Å²) >= 11 is 0. The van der Waals surface area contributed by atoms with Crippen LogP contribution in [0, 0.1) is 5.92 Å². The Kier molecular flexibility index (Phi) is 7.85. The van der Waals surface area contributed by atoms with Crippen LogP contribution < -0.4 is 14.2 Å². The lowest BCUT2D eigenvalue weighted by Gasteiger charge is -2.33. The van der Waals surface area contributed by atoms with E-state index in [0.29, 0.717) is 17.4 Å². The first-order chi connectivity index (χ1) is 18.1. The van der Waals surface area contributed by atoms with Crippen molar-refractivity contribution < 1.29 is 19.0 Å². The van der Waals surface area contributed by atoms with Gasteiger partial charge in [0.25, 0.3) is 5.91 Å². The summed E-state index contributed by atoms with van der Waals surface area (Å²) in [5.74, 6) is 2.81. The van der Waals surface area contributed by atoms with E-state index in [-0.39, 0.29) is 5.91 Å². The Bertz CT molecular complexity index is 1260. The molecule has 1 fully saturated rings. The minimum absolute atomic E-state index is 0.116. The maximum atomic E-state index is 13.4. The van der Waals surface area contributed by atoms with Crippen LogP contribution in [0.4, 0.5) is 0 Å². The number of benzene rings is 3. The van der Waals surface area contributed by atoms with Crippen LogP contribution in [0.2, 0.25) is 0 Å². The molecule has 0 spiro atoms. The van der Waals surface area contributed by atoms with Crippen LogP contribution in [-0.2, 0) is 12.8 Å². The van der Waals surface area contributed by atoms with Crippen LogP contribution in [0.3, 0.4) is 0 Å². The van der Waals surface area contributed by atoms with E-state index >= 15 is 0 Å². The van der Waals surface area contributed by atoms with Crippen molar-refractivity contribution in [3.63, 3.8) is 0 Å². The van der Waals surface area contributed by atoms with Gasteiger partial charge in [0.1, 0.15) is 5.75 Å². The minimum atomic E-state index is 0.116. The highest BCUT2D eigenvalue weighted by Gasteiger charge is 2.29. The first kappa shape index (κ1) is 25.4. The van der Waals surface area contributed by atoms with Gasteiger partial charge in [0.2, 0.25) is 0 Å². The summed E-state index contributed by atoms with van der Waals surface area (Å²) < 4.78 is 16.2. The smallest absolute Gasteiger partial charge is 0.254 e. The Morgan fingerprint density at radius 3 is 2.46 bits per heavy atom. The van der Waals surface area contributed by atoms with Crippen molar-refractivity contribution in [2.75, 3.05) is 54.1 Å². The van der Waals surface area contributed by atoms with Crippen molar-refractivity contribution in [1.82, 2.24) is 9.80 Å². The molecule has 2 aliphatic rings. The Labute approximate surface area is 220 Å². The zero-order chi connectivity index (χ0) is 25.8. The molecule has 0 aromatic heterocycles. The zero-order valence-electron chi connectivity index (χ0n) is 22.3. The number of likely N-dealkylation sites (tertiary alicyclic amines) is 1. The highest BCUT2D eigenvalue weighted by Crippen LogP contribution is 2.34. The van der Waals surface area contributed by atoms with E-state index in [2.05, 4.69) is 40.1 Å². The average Bonchev–Trinajstić information content (AvgIpc) is 3.17. The standard InChI is InChI=1S/C31H38N2O4/c1-35-27-10-9-24-16-22(7-8-25(24)17-27)11-14-32-13-5-4-6-23(20-32)21-33-15-12-26-18-29(36-2)30(37-3)19-28(26)31(33)34/h7-10,16-19,23H,4-6,11-15,20-21H2,1-3H3. The van der Waals surface area contributed by atoms with E-state index < -0.39 is 0 Å². The normalized spacial score (nSPS) is 18.4. The average molecular weight is 503 g/mol. The molecule has 6 nitrogen and oxygen atoms in total. The number of rotatable bonds is 8.